The van der Waals surface area contributed by atoms with Gasteiger partial charge in [0, 0.05) is 18.8 Å². The Morgan fingerprint density at radius 2 is 2.28 bits per heavy atom. The minimum absolute atomic E-state index is 0.112. The standard InChI is InChI=1S/C12H12IN3O2/c1-16-5-4-9(15-16)7-14-12(18)8-2-3-10(13)11(17)6-8/h2-6,17H,7H2,1H3,(H,14,18). The van der Waals surface area contributed by atoms with Gasteiger partial charge >= 0.3 is 0 Å². The van der Waals surface area contributed by atoms with Crippen LogP contribution in [-0.4, -0.2) is 20.8 Å². The lowest BCUT2D eigenvalue weighted by molar-refractivity contribution is 0.0950. The van der Waals surface area contributed by atoms with E-state index in [0.29, 0.717) is 15.7 Å². The number of aryl methyl sites for hydroxylation is 1. The molecule has 0 radical (unpaired) electrons. The van der Waals surface area contributed by atoms with Gasteiger partial charge in [-0.15, -0.1) is 0 Å². The number of hydrogen-bond donors (Lipinski definition) is 2. The van der Waals surface area contributed by atoms with E-state index >= 15 is 0 Å². The number of amides is 1. The second kappa shape index (κ2) is 5.38. The summed E-state index contributed by atoms with van der Waals surface area (Å²) in [7, 11) is 1.82. The van der Waals surface area contributed by atoms with E-state index in [1.165, 1.54) is 6.07 Å². The van der Waals surface area contributed by atoms with Gasteiger partial charge in [-0.05, 0) is 46.9 Å². The van der Waals surface area contributed by atoms with Crippen molar-refractivity contribution in [3.63, 3.8) is 0 Å². The summed E-state index contributed by atoms with van der Waals surface area (Å²) >= 11 is 2.00. The van der Waals surface area contributed by atoms with Gasteiger partial charge in [-0.3, -0.25) is 9.48 Å². The number of phenolic OH excluding ortho intramolecular Hbond substituents is 1. The molecule has 1 aromatic carbocycles. The van der Waals surface area contributed by atoms with Crippen molar-refractivity contribution in [2.75, 3.05) is 0 Å². The van der Waals surface area contributed by atoms with E-state index in [0.717, 1.165) is 5.69 Å². The van der Waals surface area contributed by atoms with Crippen LogP contribution >= 0.6 is 22.6 Å². The summed E-state index contributed by atoms with van der Waals surface area (Å²) in [5.74, 6) is -0.117. The number of carbonyl (C=O) groups excluding carboxylic acids is 1. The highest BCUT2D eigenvalue weighted by molar-refractivity contribution is 14.1. The first-order chi connectivity index (χ1) is 8.56. The predicted molar refractivity (Wildman–Crippen MR) is 75.2 cm³/mol. The van der Waals surface area contributed by atoms with Gasteiger partial charge in [0.15, 0.2) is 0 Å². The highest BCUT2D eigenvalue weighted by Gasteiger charge is 2.08. The zero-order chi connectivity index (χ0) is 13.1. The molecule has 0 aliphatic rings. The van der Waals surface area contributed by atoms with Gasteiger partial charge in [0.05, 0.1) is 15.8 Å². The first kappa shape index (κ1) is 12.9. The van der Waals surface area contributed by atoms with Gasteiger partial charge in [-0.25, -0.2) is 0 Å². The summed E-state index contributed by atoms with van der Waals surface area (Å²) in [5, 5.41) is 16.4. The van der Waals surface area contributed by atoms with Crippen molar-refractivity contribution in [1.82, 2.24) is 15.1 Å². The van der Waals surface area contributed by atoms with Crippen molar-refractivity contribution in [2.24, 2.45) is 7.05 Å². The molecule has 1 aromatic heterocycles. The molecule has 5 nitrogen and oxygen atoms in total. The van der Waals surface area contributed by atoms with E-state index in [1.807, 2.05) is 41.9 Å². The van der Waals surface area contributed by atoms with Gasteiger partial charge in [0.2, 0.25) is 0 Å². The number of aromatic hydroxyl groups is 1. The van der Waals surface area contributed by atoms with Crippen molar-refractivity contribution >= 4 is 28.5 Å². The maximum Gasteiger partial charge on any atom is 0.251 e. The number of rotatable bonds is 3. The zero-order valence-electron chi connectivity index (χ0n) is 9.72. The smallest absolute Gasteiger partial charge is 0.251 e. The number of halogens is 1. The van der Waals surface area contributed by atoms with Crippen LogP contribution in [0.4, 0.5) is 0 Å². The number of phenols is 1. The number of nitrogens with zero attached hydrogens (tertiary/aromatic N) is 2. The lowest BCUT2D eigenvalue weighted by Gasteiger charge is -2.04. The van der Waals surface area contributed by atoms with Crippen molar-refractivity contribution < 1.29 is 9.90 Å². The Hall–Kier alpha value is -1.57. The molecule has 0 aliphatic carbocycles. The number of carbonyl (C=O) groups is 1. The highest BCUT2D eigenvalue weighted by atomic mass is 127. The molecular formula is C12H12IN3O2. The van der Waals surface area contributed by atoms with E-state index in [4.69, 9.17) is 0 Å². The molecule has 2 rings (SSSR count). The van der Waals surface area contributed by atoms with Crippen molar-refractivity contribution in [2.45, 2.75) is 6.54 Å². The number of aromatic nitrogens is 2. The summed E-state index contributed by atoms with van der Waals surface area (Å²) in [4.78, 5) is 11.8. The Morgan fingerprint density at radius 1 is 1.50 bits per heavy atom. The van der Waals surface area contributed by atoms with E-state index in [1.54, 1.807) is 16.8 Å². The zero-order valence-corrected chi connectivity index (χ0v) is 11.9. The molecule has 1 heterocycles. The Balaban J connectivity index is 2.01. The van der Waals surface area contributed by atoms with Crippen LogP contribution in [0, 0.1) is 3.57 Å². The van der Waals surface area contributed by atoms with Crippen LogP contribution in [-0.2, 0) is 13.6 Å². The highest BCUT2D eigenvalue weighted by Crippen LogP contribution is 2.20. The fourth-order valence-electron chi connectivity index (χ4n) is 1.48. The molecule has 94 valence electrons. The second-order valence-corrected chi connectivity index (χ2v) is 4.99. The summed E-state index contributed by atoms with van der Waals surface area (Å²) < 4.78 is 2.40. The normalized spacial score (nSPS) is 10.3. The topological polar surface area (TPSA) is 67.2 Å². The van der Waals surface area contributed by atoms with Gasteiger partial charge < -0.3 is 10.4 Å². The summed E-state index contributed by atoms with van der Waals surface area (Å²) in [6.07, 6.45) is 1.82. The molecule has 0 aliphatic heterocycles. The van der Waals surface area contributed by atoms with Crippen molar-refractivity contribution in [1.29, 1.82) is 0 Å². The Bertz CT molecular complexity index is 580. The van der Waals surface area contributed by atoms with Crippen LogP contribution in [0.1, 0.15) is 16.1 Å². The van der Waals surface area contributed by atoms with Gasteiger partial charge in [-0.2, -0.15) is 5.10 Å². The molecule has 0 bridgehead atoms. The minimum atomic E-state index is -0.229. The quantitative estimate of drug-likeness (QED) is 0.822. The maximum atomic E-state index is 11.8. The first-order valence-electron chi connectivity index (χ1n) is 5.31. The van der Waals surface area contributed by atoms with E-state index in [2.05, 4.69) is 10.4 Å². The summed E-state index contributed by atoms with van der Waals surface area (Å²) in [6.45, 7) is 0.367. The molecule has 0 unspecified atom stereocenters. The van der Waals surface area contributed by atoms with Gasteiger partial charge in [0.25, 0.3) is 5.91 Å². The van der Waals surface area contributed by atoms with Crippen LogP contribution in [0.5, 0.6) is 5.75 Å². The van der Waals surface area contributed by atoms with Gasteiger partial charge in [0.1, 0.15) is 5.75 Å². The number of hydrogen-bond acceptors (Lipinski definition) is 3. The van der Waals surface area contributed by atoms with Crippen LogP contribution in [0.25, 0.3) is 0 Å². The van der Waals surface area contributed by atoms with Crippen LogP contribution in [0.2, 0.25) is 0 Å². The molecule has 0 fully saturated rings. The molecule has 2 N–H and O–H groups in total. The lowest BCUT2D eigenvalue weighted by Crippen LogP contribution is -2.23. The number of benzene rings is 1. The molecule has 6 heteroatoms. The Morgan fingerprint density at radius 3 is 2.89 bits per heavy atom. The minimum Gasteiger partial charge on any atom is -0.507 e. The fraction of sp³-hybridized carbons (Fsp3) is 0.167. The molecule has 0 spiro atoms. The van der Waals surface area contributed by atoms with Crippen LogP contribution in [0.3, 0.4) is 0 Å². The number of nitrogens with one attached hydrogen (secondary N) is 1. The SMILES string of the molecule is Cn1ccc(CNC(=O)c2ccc(I)c(O)c2)n1. The van der Waals surface area contributed by atoms with E-state index < -0.39 is 0 Å². The molecular weight excluding hydrogens is 345 g/mol. The third-order valence-electron chi connectivity index (χ3n) is 2.41. The first-order valence-corrected chi connectivity index (χ1v) is 6.39. The molecule has 1 amide bonds. The fourth-order valence-corrected chi connectivity index (χ4v) is 1.82. The molecule has 18 heavy (non-hydrogen) atoms. The molecule has 2 aromatic rings. The van der Waals surface area contributed by atoms with Crippen molar-refractivity contribution in [3.05, 3.63) is 45.3 Å². The maximum absolute atomic E-state index is 11.8. The van der Waals surface area contributed by atoms with E-state index in [-0.39, 0.29) is 11.7 Å². The monoisotopic (exact) mass is 357 g/mol. The largest absolute Gasteiger partial charge is 0.507 e. The van der Waals surface area contributed by atoms with E-state index in [9.17, 15) is 9.90 Å². The van der Waals surface area contributed by atoms with Gasteiger partial charge in [-0.1, -0.05) is 0 Å². The summed E-state index contributed by atoms with van der Waals surface area (Å²) in [6, 6.07) is 6.67. The second-order valence-electron chi connectivity index (χ2n) is 3.83. The van der Waals surface area contributed by atoms with Crippen molar-refractivity contribution in [3.8, 4) is 5.75 Å². The lowest BCUT2D eigenvalue weighted by atomic mass is 10.2. The van der Waals surface area contributed by atoms with Crippen LogP contribution in [0.15, 0.2) is 30.5 Å². The Kier molecular flexibility index (Phi) is 3.85. The third kappa shape index (κ3) is 3.00. The molecule has 0 atom stereocenters. The Labute approximate surface area is 118 Å². The summed E-state index contributed by atoms with van der Waals surface area (Å²) in [5.41, 5.74) is 1.23. The predicted octanol–water partition coefficient (Wildman–Crippen LogP) is 1.66. The average molecular weight is 357 g/mol. The average Bonchev–Trinajstić information content (AvgIpc) is 2.75. The molecule has 0 saturated heterocycles. The molecule has 0 saturated carbocycles. The third-order valence-corrected chi connectivity index (χ3v) is 3.32. The van der Waals surface area contributed by atoms with Crippen LogP contribution < -0.4 is 5.32 Å².